The molecule has 0 rings (SSSR count). The van der Waals surface area contributed by atoms with Crippen molar-refractivity contribution < 1.29 is 13.2 Å². The van der Waals surface area contributed by atoms with Crippen LogP contribution in [-0.2, 0) is 14.6 Å². The number of carbonyl (C=O) groups is 1. The molecule has 0 saturated heterocycles. The topological polar surface area (TPSA) is 80.5 Å². The number of amides is 1. The average Bonchev–Trinajstić information content (AvgIpc) is 1.78. The average molecular weight is 222 g/mol. The third-order valence-electron chi connectivity index (χ3n) is 1.43. The number of hydrogen-bond acceptors (Lipinski definition) is 4. The lowest BCUT2D eigenvalue weighted by atomic mass is 10.1. The van der Waals surface area contributed by atoms with Crippen LogP contribution < -0.4 is 5.73 Å². The van der Waals surface area contributed by atoms with E-state index in [1.54, 1.807) is 13.8 Å². The van der Waals surface area contributed by atoms with Crippen molar-refractivity contribution in [3.63, 3.8) is 0 Å². The Morgan fingerprint density at radius 2 is 1.79 bits per heavy atom. The molecule has 0 spiro atoms. The van der Waals surface area contributed by atoms with Crippen molar-refractivity contribution in [3.05, 3.63) is 0 Å². The molecule has 0 atom stereocenters. The summed E-state index contributed by atoms with van der Waals surface area (Å²) in [6.07, 6.45) is 0. The Bertz CT molecular complexity index is 301. The molecule has 0 aromatic heterocycles. The van der Waals surface area contributed by atoms with E-state index in [2.05, 4.69) is 0 Å². The van der Waals surface area contributed by atoms with Crippen molar-refractivity contribution in [1.29, 1.82) is 0 Å². The summed E-state index contributed by atoms with van der Waals surface area (Å²) in [6.45, 7) is 3.23. The SMILES string of the molecule is CN(C)C(=O)CS(=O)(=O)CC(C)(C)N. The molecule has 0 fully saturated rings. The number of rotatable bonds is 4. The van der Waals surface area contributed by atoms with Gasteiger partial charge in [-0.25, -0.2) is 8.42 Å². The highest BCUT2D eigenvalue weighted by atomic mass is 32.2. The van der Waals surface area contributed by atoms with Gasteiger partial charge in [0.1, 0.15) is 5.75 Å². The molecule has 0 aliphatic heterocycles. The zero-order chi connectivity index (χ0) is 11.6. The fourth-order valence-corrected chi connectivity index (χ4v) is 2.81. The quantitative estimate of drug-likeness (QED) is 0.677. The van der Waals surface area contributed by atoms with Crippen LogP contribution >= 0.6 is 0 Å². The molecular weight excluding hydrogens is 204 g/mol. The van der Waals surface area contributed by atoms with Crippen molar-refractivity contribution in [1.82, 2.24) is 4.90 Å². The van der Waals surface area contributed by atoms with E-state index in [-0.39, 0.29) is 5.75 Å². The zero-order valence-electron chi connectivity index (χ0n) is 9.07. The summed E-state index contributed by atoms with van der Waals surface area (Å²) in [7, 11) is -0.361. The van der Waals surface area contributed by atoms with Crippen molar-refractivity contribution in [2.75, 3.05) is 25.6 Å². The Balaban J connectivity index is 4.45. The van der Waals surface area contributed by atoms with Crippen molar-refractivity contribution in [3.8, 4) is 0 Å². The van der Waals surface area contributed by atoms with Crippen LogP contribution in [0, 0.1) is 0 Å². The van der Waals surface area contributed by atoms with Gasteiger partial charge < -0.3 is 10.6 Å². The largest absolute Gasteiger partial charge is 0.348 e. The van der Waals surface area contributed by atoms with Crippen LogP contribution in [-0.4, -0.2) is 50.4 Å². The molecule has 0 heterocycles. The highest BCUT2D eigenvalue weighted by Crippen LogP contribution is 2.04. The third kappa shape index (κ3) is 5.93. The zero-order valence-corrected chi connectivity index (χ0v) is 9.89. The van der Waals surface area contributed by atoms with Crippen LogP contribution in [0.1, 0.15) is 13.8 Å². The first-order valence-corrected chi connectivity index (χ1v) is 6.05. The highest BCUT2D eigenvalue weighted by molar-refractivity contribution is 7.92. The molecule has 0 aliphatic rings. The second-order valence-electron chi connectivity index (χ2n) is 4.31. The molecule has 0 radical (unpaired) electrons. The molecule has 6 heteroatoms. The molecule has 0 aromatic carbocycles. The van der Waals surface area contributed by atoms with Gasteiger partial charge in [0.2, 0.25) is 5.91 Å². The van der Waals surface area contributed by atoms with Crippen molar-refractivity contribution in [2.24, 2.45) is 5.73 Å². The molecule has 1 amide bonds. The number of nitrogens with zero attached hydrogens (tertiary/aromatic N) is 1. The van der Waals surface area contributed by atoms with Gasteiger partial charge in [-0.05, 0) is 13.8 Å². The minimum Gasteiger partial charge on any atom is -0.348 e. The lowest BCUT2D eigenvalue weighted by Crippen LogP contribution is -2.42. The lowest BCUT2D eigenvalue weighted by Gasteiger charge is -2.18. The van der Waals surface area contributed by atoms with E-state index in [1.165, 1.54) is 19.0 Å². The van der Waals surface area contributed by atoms with E-state index in [1.807, 2.05) is 0 Å². The van der Waals surface area contributed by atoms with E-state index in [0.717, 1.165) is 0 Å². The predicted molar refractivity (Wildman–Crippen MR) is 55.6 cm³/mol. The second kappa shape index (κ2) is 4.27. The van der Waals surface area contributed by atoms with E-state index in [4.69, 9.17) is 5.73 Å². The van der Waals surface area contributed by atoms with Crippen molar-refractivity contribution in [2.45, 2.75) is 19.4 Å². The van der Waals surface area contributed by atoms with Gasteiger partial charge in [-0.3, -0.25) is 4.79 Å². The number of hydrogen-bond donors (Lipinski definition) is 1. The smallest absolute Gasteiger partial charge is 0.237 e. The second-order valence-corrected chi connectivity index (χ2v) is 6.37. The summed E-state index contributed by atoms with van der Waals surface area (Å²) < 4.78 is 22.9. The Morgan fingerprint density at radius 1 is 1.36 bits per heavy atom. The third-order valence-corrected chi connectivity index (χ3v) is 3.30. The lowest BCUT2D eigenvalue weighted by molar-refractivity contribution is -0.125. The summed E-state index contributed by atoms with van der Waals surface area (Å²) in [5.41, 5.74) is 4.77. The standard InChI is InChI=1S/C8H18N2O3S/c1-8(2,9)6-14(12,13)5-7(11)10(3)4/h5-6,9H2,1-4H3. The summed E-state index contributed by atoms with van der Waals surface area (Å²) in [6, 6.07) is 0. The van der Waals surface area contributed by atoms with E-state index >= 15 is 0 Å². The molecule has 14 heavy (non-hydrogen) atoms. The molecule has 2 N–H and O–H groups in total. The maximum atomic E-state index is 11.4. The fourth-order valence-electron chi connectivity index (χ4n) is 0.935. The van der Waals surface area contributed by atoms with E-state index in [0.29, 0.717) is 0 Å². The summed E-state index contributed by atoms with van der Waals surface area (Å²) in [4.78, 5) is 12.4. The van der Waals surface area contributed by atoms with Gasteiger partial charge in [-0.1, -0.05) is 0 Å². The highest BCUT2D eigenvalue weighted by Gasteiger charge is 2.25. The van der Waals surface area contributed by atoms with Crippen LogP contribution in [0.15, 0.2) is 0 Å². The van der Waals surface area contributed by atoms with E-state index < -0.39 is 27.0 Å². The minimum absolute atomic E-state index is 0.181. The Kier molecular flexibility index (Phi) is 4.08. The van der Waals surface area contributed by atoms with Gasteiger partial charge in [-0.15, -0.1) is 0 Å². The maximum absolute atomic E-state index is 11.4. The Labute approximate surface area is 85.2 Å². The van der Waals surface area contributed by atoms with Crippen LogP contribution in [0.5, 0.6) is 0 Å². The van der Waals surface area contributed by atoms with Crippen molar-refractivity contribution >= 4 is 15.7 Å². The molecule has 0 saturated carbocycles. The predicted octanol–water partition coefficient (Wildman–Crippen LogP) is -0.773. The van der Waals surface area contributed by atoms with Crippen LogP contribution in [0.4, 0.5) is 0 Å². The normalized spacial score (nSPS) is 12.6. The van der Waals surface area contributed by atoms with Gasteiger partial charge in [0, 0.05) is 19.6 Å². The first-order chi connectivity index (χ1) is 6.03. The molecule has 0 aliphatic carbocycles. The van der Waals surface area contributed by atoms with Gasteiger partial charge in [0.15, 0.2) is 9.84 Å². The number of nitrogens with two attached hydrogens (primary N) is 1. The monoisotopic (exact) mass is 222 g/mol. The Morgan fingerprint density at radius 3 is 2.07 bits per heavy atom. The van der Waals surface area contributed by atoms with Gasteiger partial charge in [0.25, 0.3) is 0 Å². The summed E-state index contributed by atoms with van der Waals surface area (Å²) in [5, 5.41) is 0. The first-order valence-electron chi connectivity index (χ1n) is 4.23. The van der Waals surface area contributed by atoms with Gasteiger partial charge in [-0.2, -0.15) is 0 Å². The van der Waals surface area contributed by atoms with Gasteiger partial charge in [0.05, 0.1) is 5.75 Å². The number of sulfone groups is 1. The summed E-state index contributed by atoms with van der Waals surface area (Å²) in [5.74, 6) is -1.07. The van der Waals surface area contributed by atoms with Crippen LogP contribution in [0.3, 0.4) is 0 Å². The Hall–Kier alpha value is -0.620. The molecule has 0 aromatic rings. The molecule has 0 bridgehead atoms. The molecular formula is C8H18N2O3S. The first kappa shape index (κ1) is 13.4. The van der Waals surface area contributed by atoms with E-state index in [9.17, 15) is 13.2 Å². The molecule has 0 unspecified atom stereocenters. The fraction of sp³-hybridized carbons (Fsp3) is 0.875. The molecule has 5 nitrogen and oxygen atoms in total. The van der Waals surface area contributed by atoms with Crippen LogP contribution in [0.25, 0.3) is 0 Å². The summed E-state index contributed by atoms with van der Waals surface area (Å²) >= 11 is 0. The van der Waals surface area contributed by atoms with Crippen LogP contribution in [0.2, 0.25) is 0 Å². The maximum Gasteiger partial charge on any atom is 0.237 e. The van der Waals surface area contributed by atoms with Gasteiger partial charge >= 0.3 is 0 Å². The number of carbonyl (C=O) groups excluding carboxylic acids is 1. The minimum atomic E-state index is -3.40. The molecule has 84 valence electrons.